The average molecular weight is 728 g/mol. The molecule has 1 aliphatic carbocycles. The second-order valence-corrected chi connectivity index (χ2v) is 7.44. The minimum absolute atomic E-state index is 0. The summed E-state index contributed by atoms with van der Waals surface area (Å²) in [7, 11) is 1.60. The molecule has 6 nitrogen and oxygen atoms in total. The number of aliphatic hydroxyl groups is 1. The third kappa shape index (κ3) is 16.6. The zero-order valence-corrected chi connectivity index (χ0v) is 25.7. The van der Waals surface area contributed by atoms with Crippen LogP contribution in [0.5, 0.6) is 5.75 Å². The molecule has 3 N–H and O–H groups in total. The van der Waals surface area contributed by atoms with Crippen molar-refractivity contribution in [2.75, 3.05) is 12.4 Å². The Hall–Kier alpha value is -2.08. The number of pyridine rings is 1. The molecular formula is C27H37F2N3O3U. The maximum atomic E-state index is 10.3. The molecule has 36 heavy (non-hydrogen) atoms. The Balaban J connectivity index is 0. The Morgan fingerprint density at radius 3 is 2.25 bits per heavy atom. The van der Waals surface area contributed by atoms with Crippen molar-refractivity contribution in [2.24, 2.45) is 0 Å². The Morgan fingerprint density at radius 1 is 1.33 bits per heavy atom. The summed E-state index contributed by atoms with van der Waals surface area (Å²) in [5, 5.41) is 19.7. The summed E-state index contributed by atoms with van der Waals surface area (Å²) in [6.45, 7) is 7.99. The van der Waals surface area contributed by atoms with E-state index in [1.54, 1.807) is 19.4 Å². The van der Waals surface area contributed by atoms with Crippen molar-refractivity contribution in [1.29, 1.82) is 5.41 Å². The predicted molar refractivity (Wildman–Crippen MR) is 138 cm³/mol. The quantitative estimate of drug-likeness (QED) is 0.156. The van der Waals surface area contributed by atoms with Crippen molar-refractivity contribution in [3.05, 3.63) is 67.2 Å². The Bertz CT molecular complexity index is 877. The standard InChI is InChI=1S/C15H16N3O.C6H10O.C4H8O.C2H3F2.U/c1-3-12(16)14-13(19-2)9-10-17-15(14)18-11-7-5-4-6-8-11;1-3-5-6(7)4-2;5-4-2-1-3-4;1-2(3)4;/h5-10,16H,3H2,1-2H3,(H,17,18);4H,2-3,5H2,1H3;4-5H,1-3H2;1H3;/q-1;;;-1;+2. The molecule has 1 aliphatic rings. The van der Waals surface area contributed by atoms with Gasteiger partial charge in [-0.3, -0.25) is 4.79 Å². The minimum atomic E-state index is -1.58. The van der Waals surface area contributed by atoms with E-state index in [2.05, 4.69) is 22.9 Å². The number of halogens is 2. The van der Waals surface area contributed by atoms with Crippen LogP contribution in [0.25, 0.3) is 0 Å². The molecular weight excluding hydrogens is 690 g/mol. The Labute approximate surface area is 237 Å². The smallest absolute Gasteiger partial charge is 0.496 e. The van der Waals surface area contributed by atoms with Gasteiger partial charge in [0.2, 0.25) is 0 Å². The van der Waals surface area contributed by atoms with E-state index in [1.165, 1.54) is 12.5 Å². The maximum absolute atomic E-state index is 10.3. The molecule has 2 aromatic rings. The molecule has 0 amide bonds. The third-order valence-corrected chi connectivity index (χ3v) is 4.57. The van der Waals surface area contributed by atoms with Gasteiger partial charge >= 0.3 is 31.1 Å². The van der Waals surface area contributed by atoms with Gasteiger partial charge in [-0.2, -0.15) is 18.2 Å². The van der Waals surface area contributed by atoms with E-state index in [4.69, 9.17) is 15.3 Å². The minimum Gasteiger partial charge on any atom is -0.496 e. The van der Waals surface area contributed by atoms with Crippen LogP contribution in [0.1, 0.15) is 64.9 Å². The number of benzene rings is 1. The first kappa shape index (κ1) is 36.1. The first-order valence-corrected chi connectivity index (χ1v) is 11.5. The first-order valence-electron chi connectivity index (χ1n) is 11.5. The van der Waals surface area contributed by atoms with Gasteiger partial charge in [-0.15, -0.1) is 19.1 Å². The van der Waals surface area contributed by atoms with E-state index in [-0.39, 0.29) is 43.0 Å². The van der Waals surface area contributed by atoms with Crippen LogP contribution < -0.4 is 10.1 Å². The summed E-state index contributed by atoms with van der Waals surface area (Å²) >= 11 is 0. The maximum Gasteiger partial charge on any atom is 2.00 e. The second kappa shape index (κ2) is 22.1. The number of aromatic nitrogens is 1. The van der Waals surface area contributed by atoms with Crippen molar-refractivity contribution in [3.8, 4) is 5.75 Å². The number of carbonyl (C=O) groups is 1. The zero-order chi connectivity index (χ0) is 26.6. The fraction of sp³-hybridized carbons (Fsp3) is 0.407. The van der Waals surface area contributed by atoms with Crippen LogP contribution in [0.4, 0.5) is 20.3 Å². The normalized spacial score (nSPS) is 11.4. The number of aliphatic hydroxyl groups excluding tert-OH is 1. The molecule has 0 spiro atoms. The number of methoxy groups -OCH3 is 1. The Kier molecular flexibility index (Phi) is 22.2. The summed E-state index contributed by atoms with van der Waals surface area (Å²) in [4.78, 5) is 14.6. The van der Waals surface area contributed by atoms with E-state index in [0.29, 0.717) is 35.7 Å². The molecule has 1 saturated carbocycles. The van der Waals surface area contributed by atoms with Crippen LogP contribution in [0.2, 0.25) is 0 Å². The number of anilines is 2. The van der Waals surface area contributed by atoms with E-state index >= 15 is 0 Å². The van der Waals surface area contributed by atoms with Crippen LogP contribution >= 0.6 is 0 Å². The molecule has 3 rings (SSSR count). The number of carbonyl (C=O) groups excluding carboxylic acids is 1. The summed E-state index contributed by atoms with van der Waals surface area (Å²) in [5.74, 6) is 1.44. The molecule has 9 heteroatoms. The molecule has 196 valence electrons. The fourth-order valence-corrected chi connectivity index (χ4v) is 2.52. The molecule has 0 atom stereocenters. The van der Waals surface area contributed by atoms with Gasteiger partial charge in [0.15, 0.2) is 5.78 Å². The number of hydrogen-bond donors (Lipinski definition) is 3. The average Bonchev–Trinajstić information content (AvgIpc) is 2.83. The summed E-state index contributed by atoms with van der Waals surface area (Å²) in [5.41, 5.74) is 2.11. The summed E-state index contributed by atoms with van der Waals surface area (Å²) in [6, 6.07) is 12.2. The van der Waals surface area contributed by atoms with Crippen molar-refractivity contribution in [2.45, 2.75) is 65.4 Å². The van der Waals surface area contributed by atoms with E-state index in [9.17, 15) is 13.6 Å². The monoisotopic (exact) mass is 727 g/mol. The van der Waals surface area contributed by atoms with Gasteiger partial charge in [0.25, 0.3) is 0 Å². The summed E-state index contributed by atoms with van der Waals surface area (Å²) < 4.78 is 25.8. The number of rotatable bonds is 8. The number of ketones is 1. The number of nitrogens with zero attached hydrogens (tertiary/aromatic N) is 1. The molecule has 1 aromatic heterocycles. The van der Waals surface area contributed by atoms with Gasteiger partial charge in [0, 0.05) is 18.3 Å². The van der Waals surface area contributed by atoms with Crippen molar-refractivity contribution >= 4 is 23.0 Å². The number of allylic oxidation sites excluding steroid dienone is 1. The van der Waals surface area contributed by atoms with Crippen LogP contribution in [0.15, 0.2) is 49.2 Å². The fourth-order valence-electron chi connectivity index (χ4n) is 2.52. The molecule has 0 unspecified atom stereocenters. The van der Waals surface area contributed by atoms with Gasteiger partial charge < -0.3 is 29.4 Å². The zero-order valence-electron chi connectivity index (χ0n) is 21.5. The second-order valence-electron chi connectivity index (χ2n) is 7.44. The number of ether oxygens (including phenoxy) is 1. The molecule has 1 aromatic carbocycles. The van der Waals surface area contributed by atoms with Crippen LogP contribution in [0, 0.1) is 49.0 Å². The van der Waals surface area contributed by atoms with Gasteiger partial charge in [0.05, 0.1) is 18.8 Å². The van der Waals surface area contributed by atoms with E-state index in [0.717, 1.165) is 31.9 Å². The van der Waals surface area contributed by atoms with Crippen molar-refractivity contribution in [3.63, 3.8) is 0 Å². The SMILES string of the molecule is C=CC(=O)CCC.CCC(=N)c1c(OC)ccnc1Nc1cc[c-]cc1.C[C-](F)F.OC1CCC1.[U+2]. The largest absolute Gasteiger partial charge is 2.00 e. The van der Waals surface area contributed by atoms with Crippen LogP contribution in [0.3, 0.4) is 0 Å². The number of hydrogen-bond acceptors (Lipinski definition) is 6. The van der Waals surface area contributed by atoms with Gasteiger partial charge in [-0.05, 0) is 50.7 Å². The van der Waals surface area contributed by atoms with Crippen molar-refractivity contribution < 1.29 is 54.5 Å². The molecule has 0 bridgehead atoms. The van der Waals surface area contributed by atoms with E-state index in [1.807, 2.05) is 38.1 Å². The van der Waals surface area contributed by atoms with Crippen LogP contribution in [-0.2, 0) is 4.79 Å². The molecule has 0 aliphatic heterocycles. The summed E-state index contributed by atoms with van der Waals surface area (Å²) in [6.07, 6.45) is 7.02. The van der Waals surface area contributed by atoms with Crippen molar-refractivity contribution in [1.82, 2.24) is 4.98 Å². The first-order chi connectivity index (χ1) is 16.7. The molecule has 0 saturated heterocycles. The van der Waals surface area contributed by atoms with E-state index < -0.39 is 6.43 Å². The molecule has 1 fully saturated rings. The van der Waals surface area contributed by atoms with Gasteiger partial charge in [-0.25, -0.2) is 4.98 Å². The molecule has 0 radical (unpaired) electrons. The topological polar surface area (TPSA) is 95.3 Å². The van der Waals surface area contributed by atoms with Gasteiger partial charge in [-0.1, -0.05) is 26.1 Å². The van der Waals surface area contributed by atoms with Gasteiger partial charge in [0.1, 0.15) is 11.6 Å². The third-order valence-electron chi connectivity index (χ3n) is 4.57. The van der Waals surface area contributed by atoms with Crippen LogP contribution in [-0.4, -0.2) is 34.8 Å². The Morgan fingerprint density at radius 2 is 1.89 bits per heavy atom. The molecule has 1 heterocycles. The predicted octanol–water partition coefficient (Wildman–Crippen LogP) is 6.92. The number of nitrogens with one attached hydrogen (secondary N) is 2.